The number of H-pyrrole nitrogens is 1. The maximum absolute atomic E-state index is 11.1. The summed E-state index contributed by atoms with van der Waals surface area (Å²) < 4.78 is 1.80. The Kier molecular flexibility index (Phi) is 1.28. The number of imidazole rings is 1. The van der Waals surface area contributed by atoms with E-state index in [0.29, 0.717) is 10.3 Å². The molecule has 6 heteroatoms. The standard InChI is InChI=1S/C5H3BrN4O/c6-5-8-4(11)3-1-7-2-10(3)9-5/h1-2H,(H,8,9,11). The Morgan fingerprint density at radius 2 is 2.45 bits per heavy atom. The molecule has 0 aliphatic carbocycles. The van der Waals surface area contributed by atoms with Gasteiger partial charge in [-0.05, 0) is 15.9 Å². The molecule has 0 aromatic carbocycles. The van der Waals surface area contributed by atoms with E-state index >= 15 is 0 Å². The Morgan fingerprint density at radius 1 is 1.64 bits per heavy atom. The molecule has 0 bridgehead atoms. The molecule has 2 heterocycles. The summed E-state index contributed by atoms with van der Waals surface area (Å²) in [5.41, 5.74) is 0.234. The lowest BCUT2D eigenvalue weighted by molar-refractivity contribution is 0.853. The van der Waals surface area contributed by atoms with Gasteiger partial charge in [-0.2, -0.15) is 0 Å². The second-order valence-electron chi connectivity index (χ2n) is 1.97. The number of hydrogen-bond acceptors (Lipinski definition) is 3. The topological polar surface area (TPSA) is 63.0 Å². The van der Waals surface area contributed by atoms with Crippen LogP contribution in [-0.4, -0.2) is 19.6 Å². The van der Waals surface area contributed by atoms with E-state index in [2.05, 4.69) is 31.0 Å². The van der Waals surface area contributed by atoms with Crippen LogP contribution < -0.4 is 5.56 Å². The number of fused-ring (bicyclic) bond motifs is 1. The summed E-state index contributed by atoms with van der Waals surface area (Å²) in [5.74, 6) is 0. The number of rotatable bonds is 0. The zero-order valence-corrected chi connectivity index (χ0v) is 6.87. The van der Waals surface area contributed by atoms with E-state index in [0.717, 1.165) is 0 Å². The minimum atomic E-state index is -0.204. The quantitative estimate of drug-likeness (QED) is 0.681. The molecule has 2 rings (SSSR count). The van der Waals surface area contributed by atoms with Crippen LogP contribution in [0.4, 0.5) is 0 Å². The molecule has 0 saturated heterocycles. The van der Waals surface area contributed by atoms with Gasteiger partial charge >= 0.3 is 0 Å². The Balaban J connectivity index is 3.02. The van der Waals surface area contributed by atoms with Crippen molar-refractivity contribution >= 4 is 21.4 Å². The monoisotopic (exact) mass is 214 g/mol. The van der Waals surface area contributed by atoms with Crippen LogP contribution in [0.3, 0.4) is 0 Å². The Hall–Kier alpha value is -1.17. The fraction of sp³-hybridized carbons (Fsp3) is 0. The third-order valence-corrected chi connectivity index (χ3v) is 1.62. The van der Waals surface area contributed by atoms with E-state index in [9.17, 15) is 4.79 Å². The van der Waals surface area contributed by atoms with Crippen molar-refractivity contribution in [1.82, 2.24) is 19.6 Å². The van der Waals surface area contributed by atoms with Gasteiger partial charge in [0, 0.05) is 0 Å². The molecular formula is C5H3BrN4O. The summed E-state index contributed by atoms with van der Waals surface area (Å²) in [4.78, 5) is 17.3. The highest BCUT2D eigenvalue weighted by molar-refractivity contribution is 9.10. The van der Waals surface area contributed by atoms with Crippen LogP contribution in [0.1, 0.15) is 0 Å². The maximum atomic E-state index is 11.1. The molecule has 0 spiro atoms. The molecule has 0 saturated carbocycles. The van der Waals surface area contributed by atoms with Crippen molar-refractivity contribution in [2.24, 2.45) is 0 Å². The summed E-state index contributed by atoms with van der Waals surface area (Å²) in [6, 6.07) is 0. The van der Waals surface area contributed by atoms with Gasteiger partial charge in [0.25, 0.3) is 5.56 Å². The van der Waals surface area contributed by atoms with Crippen molar-refractivity contribution in [2.75, 3.05) is 0 Å². The molecular weight excluding hydrogens is 212 g/mol. The summed E-state index contributed by atoms with van der Waals surface area (Å²) in [7, 11) is 0. The first-order valence-corrected chi connectivity index (χ1v) is 3.65. The summed E-state index contributed by atoms with van der Waals surface area (Å²) in [6.07, 6.45) is 2.92. The van der Waals surface area contributed by atoms with Gasteiger partial charge in [0.1, 0.15) is 11.8 Å². The summed E-state index contributed by atoms with van der Waals surface area (Å²) >= 11 is 3.05. The van der Waals surface area contributed by atoms with Gasteiger partial charge in [-0.3, -0.25) is 9.78 Å². The maximum Gasteiger partial charge on any atom is 0.277 e. The summed E-state index contributed by atoms with van der Waals surface area (Å²) in [6.45, 7) is 0. The predicted molar refractivity (Wildman–Crippen MR) is 41.3 cm³/mol. The minimum absolute atomic E-state index is 0.204. The highest BCUT2D eigenvalue weighted by Crippen LogP contribution is 1.97. The van der Waals surface area contributed by atoms with Crippen molar-refractivity contribution in [3.8, 4) is 0 Å². The number of nitrogens with one attached hydrogen (secondary N) is 1. The van der Waals surface area contributed by atoms with Crippen molar-refractivity contribution < 1.29 is 0 Å². The lowest BCUT2D eigenvalue weighted by atomic mass is 10.6. The molecule has 56 valence electrons. The van der Waals surface area contributed by atoms with Crippen LogP contribution in [0.2, 0.25) is 0 Å². The van der Waals surface area contributed by atoms with Gasteiger partial charge in [-0.1, -0.05) is 0 Å². The average molecular weight is 215 g/mol. The first kappa shape index (κ1) is 6.53. The first-order valence-electron chi connectivity index (χ1n) is 2.85. The van der Waals surface area contributed by atoms with E-state index in [4.69, 9.17) is 0 Å². The molecule has 1 N–H and O–H groups in total. The Morgan fingerprint density at radius 3 is 3.27 bits per heavy atom. The van der Waals surface area contributed by atoms with Crippen molar-refractivity contribution in [3.63, 3.8) is 0 Å². The van der Waals surface area contributed by atoms with Gasteiger partial charge in [0.15, 0.2) is 4.73 Å². The lowest BCUT2D eigenvalue weighted by Crippen LogP contribution is -2.11. The van der Waals surface area contributed by atoms with Crippen molar-refractivity contribution in [2.45, 2.75) is 0 Å². The van der Waals surface area contributed by atoms with Crippen molar-refractivity contribution in [3.05, 3.63) is 27.6 Å². The number of aromatic amines is 1. The van der Waals surface area contributed by atoms with Gasteiger partial charge in [0.05, 0.1) is 6.20 Å². The molecule has 5 nitrogen and oxygen atoms in total. The summed E-state index contributed by atoms with van der Waals surface area (Å²) in [5, 5.41) is 3.91. The molecule has 0 fully saturated rings. The Labute approximate surface area is 69.2 Å². The van der Waals surface area contributed by atoms with E-state index in [-0.39, 0.29) is 5.56 Å². The molecule has 0 aliphatic rings. The fourth-order valence-electron chi connectivity index (χ4n) is 0.808. The van der Waals surface area contributed by atoms with Crippen LogP contribution in [0.5, 0.6) is 0 Å². The van der Waals surface area contributed by atoms with Crippen LogP contribution >= 0.6 is 15.9 Å². The SMILES string of the molecule is O=c1[nH]c(Br)nn2cncc12. The predicted octanol–water partition coefficient (Wildman–Crippen LogP) is 0.180. The minimum Gasteiger partial charge on any atom is -0.298 e. The van der Waals surface area contributed by atoms with E-state index in [1.165, 1.54) is 17.0 Å². The van der Waals surface area contributed by atoms with Gasteiger partial charge in [-0.25, -0.2) is 9.50 Å². The first-order chi connectivity index (χ1) is 5.27. The second kappa shape index (κ2) is 2.16. The molecule has 2 aromatic rings. The third-order valence-electron chi connectivity index (χ3n) is 1.26. The Bertz CT molecular complexity index is 445. The number of nitrogens with zero attached hydrogens (tertiary/aromatic N) is 3. The van der Waals surface area contributed by atoms with E-state index < -0.39 is 0 Å². The molecule has 0 unspecified atom stereocenters. The largest absolute Gasteiger partial charge is 0.298 e. The highest BCUT2D eigenvalue weighted by atomic mass is 79.9. The number of hydrogen-bond donors (Lipinski definition) is 1. The van der Waals surface area contributed by atoms with Crippen LogP contribution in [0.15, 0.2) is 22.1 Å². The average Bonchev–Trinajstić information content (AvgIpc) is 2.34. The van der Waals surface area contributed by atoms with Gasteiger partial charge in [0.2, 0.25) is 0 Å². The van der Waals surface area contributed by atoms with Gasteiger partial charge in [-0.15, -0.1) is 5.10 Å². The third kappa shape index (κ3) is 0.949. The molecule has 2 aromatic heterocycles. The molecule has 0 amide bonds. The lowest BCUT2D eigenvalue weighted by Gasteiger charge is -1.90. The zero-order valence-electron chi connectivity index (χ0n) is 5.28. The van der Waals surface area contributed by atoms with Crippen molar-refractivity contribution in [1.29, 1.82) is 0 Å². The fourth-order valence-corrected chi connectivity index (χ4v) is 1.16. The van der Waals surface area contributed by atoms with Crippen LogP contribution in [0, 0.1) is 0 Å². The van der Waals surface area contributed by atoms with Crippen LogP contribution in [0.25, 0.3) is 5.52 Å². The van der Waals surface area contributed by atoms with E-state index in [1.807, 2.05) is 0 Å². The number of aromatic nitrogens is 4. The molecule has 0 aliphatic heterocycles. The highest BCUT2D eigenvalue weighted by Gasteiger charge is 1.99. The zero-order chi connectivity index (χ0) is 7.84. The smallest absolute Gasteiger partial charge is 0.277 e. The molecule has 0 atom stereocenters. The molecule has 11 heavy (non-hydrogen) atoms. The number of halogens is 1. The normalized spacial score (nSPS) is 10.6. The molecule has 0 radical (unpaired) electrons. The van der Waals surface area contributed by atoms with E-state index in [1.54, 1.807) is 0 Å². The van der Waals surface area contributed by atoms with Crippen LogP contribution in [-0.2, 0) is 0 Å². The van der Waals surface area contributed by atoms with Gasteiger partial charge < -0.3 is 0 Å². The second-order valence-corrected chi connectivity index (χ2v) is 2.72.